The molecule has 0 amide bonds. The molecule has 2 unspecified atom stereocenters. The minimum atomic E-state index is -1.88. The number of nitrogens with zero attached hydrogens (tertiary/aromatic N) is 1. The van der Waals surface area contributed by atoms with Crippen molar-refractivity contribution in [2.24, 2.45) is 5.92 Å². The normalized spacial score (nSPS) is 16.1. The smallest absolute Gasteiger partial charge is 0.329 e. The largest absolute Gasteiger partial charge is 0.381 e. The fraction of sp³-hybridized carbons (Fsp3) is 0.964. The molecule has 6 nitrogen and oxygen atoms in total. The summed E-state index contributed by atoms with van der Waals surface area (Å²) >= 11 is 0. The Labute approximate surface area is 217 Å². The van der Waals surface area contributed by atoms with Gasteiger partial charge in [0.2, 0.25) is 0 Å². The van der Waals surface area contributed by atoms with Gasteiger partial charge >= 0.3 is 8.60 Å². The van der Waals surface area contributed by atoms with Gasteiger partial charge in [-0.2, -0.15) is 0 Å². The highest BCUT2D eigenvalue weighted by Crippen LogP contribution is 2.34. The van der Waals surface area contributed by atoms with E-state index in [1.165, 1.54) is 96.6 Å². The van der Waals surface area contributed by atoms with E-state index in [1.807, 2.05) is 0 Å². The Balaban J connectivity index is 1.95. The summed E-state index contributed by atoms with van der Waals surface area (Å²) in [7, 11) is -1.88. The van der Waals surface area contributed by atoms with Crippen molar-refractivity contribution < 1.29 is 23.5 Å². The predicted molar refractivity (Wildman–Crippen MR) is 147 cm³/mol. The van der Waals surface area contributed by atoms with E-state index < -0.39 is 8.60 Å². The number of hydrogen-bond acceptors (Lipinski definition) is 6. The Kier molecular flexibility index (Phi) is 22.8. The van der Waals surface area contributed by atoms with Crippen LogP contribution in [0.25, 0.3) is 0 Å². The summed E-state index contributed by atoms with van der Waals surface area (Å²) in [5.41, 5.74) is 0. The second-order valence-corrected chi connectivity index (χ2v) is 11.4. The van der Waals surface area contributed by atoms with Crippen LogP contribution in [0.4, 0.5) is 0 Å². The van der Waals surface area contributed by atoms with Crippen LogP contribution in [0, 0.1) is 5.92 Å². The lowest BCUT2D eigenvalue weighted by Crippen LogP contribution is -2.20. The molecule has 1 aliphatic heterocycles. The first kappa shape index (κ1) is 32.9. The van der Waals surface area contributed by atoms with Gasteiger partial charge in [-0.25, -0.2) is 0 Å². The molecule has 0 radical (unpaired) electrons. The third-order valence-electron chi connectivity index (χ3n) is 6.76. The maximum absolute atomic E-state index is 11.6. The summed E-state index contributed by atoms with van der Waals surface area (Å²) in [6, 6.07) is 0. The molecule has 208 valence electrons. The fourth-order valence-corrected chi connectivity index (χ4v) is 5.36. The van der Waals surface area contributed by atoms with E-state index in [9.17, 15) is 9.69 Å². The standard InChI is InChI=1S/C28H56NO5P/c1-3-4-5-6-7-8-9-10-11-12-13-17-22-32-25-28(24-27(2)30)26-34-35(31)33-23-18-16-21-29-19-14-15-20-29/h28,31H,3-26H2,1-2H3. The van der Waals surface area contributed by atoms with Gasteiger partial charge in [0.1, 0.15) is 5.78 Å². The topological polar surface area (TPSA) is 68.2 Å². The lowest BCUT2D eigenvalue weighted by molar-refractivity contribution is -0.118. The van der Waals surface area contributed by atoms with Gasteiger partial charge in [0, 0.05) is 18.9 Å². The molecule has 1 heterocycles. The van der Waals surface area contributed by atoms with Crippen molar-refractivity contribution in [3.8, 4) is 0 Å². The zero-order valence-electron chi connectivity index (χ0n) is 23.0. The number of ether oxygens (including phenoxy) is 1. The number of unbranched alkanes of at least 4 members (excludes halogenated alkanes) is 12. The van der Waals surface area contributed by atoms with Crippen molar-refractivity contribution >= 4 is 14.4 Å². The van der Waals surface area contributed by atoms with Crippen LogP contribution in [0.1, 0.15) is 123 Å². The van der Waals surface area contributed by atoms with Crippen molar-refractivity contribution in [3.63, 3.8) is 0 Å². The summed E-state index contributed by atoms with van der Waals surface area (Å²) < 4.78 is 16.8. The second-order valence-electron chi connectivity index (χ2n) is 10.4. The van der Waals surface area contributed by atoms with Crippen LogP contribution >= 0.6 is 8.60 Å². The van der Waals surface area contributed by atoms with Crippen molar-refractivity contribution in [1.29, 1.82) is 0 Å². The van der Waals surface area contributed by atoms with E-state index in [0.29, 0.717) is 26.2 Å². The highest BCUT2D eigenvalue weighted by atomic mass is 31.2. The Bertz CT molecular complexity index is 476. The molecule has 0 aromatic rings. The van der Waals surface area contributed by atoms with Crippen LogP contribution in [0.15, 0.2) is 0 Å². The van der Waals surface area contributed by atoms with Crippen LogP contribution in [0.3, 0.4) is 0 Å². The van der Waals surface area contributed by atoms with Crippen LogP contribution < -0.4 is 0 Å². The second kappa shape index (κ2) is 24.2. The average molecular weight is 518 g/mol. The van der Waals surface area contributed by atoms with E-state index in [0.717, 1.165) is 32.4 Å². The van der Waals surface area contributed by atoms with E-state index in [1.54, 1.807) is 6.92 Å². The van der Waals surface area contributed by atoms with Gasteiger partial charge in [-0.1, -0.05) is 77.6 Å². The highest BCUT2D eigenvalue weighted by Gasteiger charge is 2.16. The summed E-state index contributed by atoms with van der Waals surface area (Å²) in [4.78, 5) is 24.1. The number of carbonyl (C=O) groups is 1. The quantitative estimate of drug-likeness (QED) is 0.0950. The van der Waals surface area contributed by atoms with Crippen molar-refractivity contribution in [3.05, 3.63) is 0 Å². The number of carbonyl (C=O) groups excluding carboxylic acids is 1. The van der Waals surface area contributed by atoms with Crippen LogP contribution in [0.2, 0.25) is 0 Å². The first-order valence-electron chi connectivity index (χ1n) is 14.7. The Morgan fingerprint density at radius 1 is 0.800 bits per heavy atom. The molecule has 1 rings (SSSR count). The molecule has 0 aromatic carbocycles. The van der Waals surface area contributed by atoms with Crippen molar-refractivity contribution in [2.75, 3.05) is 46.1 Å². The lowest BCUT2D eigenvalue weighted by atomic mass is 10.1. The highest BCUT2D eigenvalue weighted by molar-refractivity contribution is 7.40. The monoisotopic (exact) mass is 517 g/mol. The molecule has 1 fully saturated rings. The Morgan fingerprint density at radius 2 is 1.37 bits per heavy atom. The molecule has 0 aliphatic carbocycles. The van der Waals surface area contributed by atoms with Gasteiger partial charge in [0.25, 0.3) is 0 Å². The molecule has 2 atom stereocenters. The van der Waals surface area contributed by atoms with Gasteiger partial charge in [0.05, 0.1) is 19.8 Å². The zero-order chi connectivity index (χ0) is 25.4. The Hall–Kier alpha value is -0.100. The molecule has 35 heavy (non-hydrogen) atoms. The maximum atomic E-state index is 11.6. The number of hydrogen-bond donors (Lipinski definition) is 1. The molecule has 0 spiro atoms. The van der Waals surface area contributed by atoms with E-state index in [2.05, 4.69) is 11.8 Å². The summed E-state index contributed by atoms with van der Waals surface area (Å²) in [6.45, 7) is 9.46. The fourth-order valence-electron chi connectivity index (χ4n) is 4.66. The van der Waals surface area contributed by atoms with Gasteiger partial charge in [-0.15, -0.1) is 0 Å². The van der Waals surface area contributed by atoms with E-state index in [-0.39, 0.29) is 11.7 Å². The van der Waals surface area contributed by atoms with Crippen LogP contribution in [0.5, 0.6) is 0 Å². The molecule has 7 heteroatoms. The Morgan fingerprint density at radius 3 is 1.97 bits per heavy atom. The number of ketones is 1. The third-order valence-corrected chi connectivity index (χ3v) is 7.54. The average Bonchev–Trinajstić information content (AvgIpc) is 3.35. The molecule has 1 saturated heterocycles. The number of likely N-dealkylation sites (tertiary alicyclic amines) is 1. The third kappa shape index (κ3) is 21.7. The molecular formula is C28H56NO5P. The minimum Gasteiger partial charge on any atom is -0.381 e. The molecule has 0 saturated carbocycles. The van der Waals surface area contributed by atoms with E-state index in [4.69, 9.17) is 13.8 Å². The first-order chi connectivity index (χ1) is 17.1. The summed E-state index contributed by atoms with van der Waals surface area (Å²) in [5, 5.41) is 0. The minimum absolute atomic E-state index is 0.0271. The van der Waals surface area contributed by atoms with Gasteiger partial charge in [-0.3, -0.25) is 0 Å². The summed E-state index contributed by atoms with van der Waals surface area (Å²) in [5.74, 6) is 0.0957. The zero-order valence-corrected chi connectivity index (χ0v) is 23.9. The van der Waals surface area contributed by atoms with Crippen molar-refractivity contribution in [2.45, 2.75) is 123 Å². The summed E-state index contributed by atoms with van der Waals surface area (Å²) in [6.07, 6.45) is 21.0. The molecule has 0 bridgehead atoms. The SMILES string of the molecule is CCCCCCCCCCCCCCOCC(COP(O)OCCCCN1CCCC1)CC(C)=O. The number of Topliss-reactive ketones (excluding diaryl/α,β-unsaturated/α-hetero) is 1. The predicted octanol–water partition coefficient (Wildman–Crippen LogP) is 7.43. The van der Waals surface area contributed by atoms with E-state index >= 15 is 0 Å². The first-order valence-corrected chi connectivity index (χ1v) is 15.8. The lowest BCUT2D eigenvalue weighted by Gasteiger charge is -2.18. The van der Waals surface area contributed by atoms with Crippen LogP contribution in [-0.4, -0.2) is 61.6 Å². The van der Waals surface area contributed by atoms with Gasteiger partial charge in [0.15, 0.2) is 0 Å². The van der Waals surface area contributed by atoms with Crippen molar-refractivity contribution in [1.82, 2.24) is 4.90 Å². The molecular weight excluding hydrogens is 461 g/mol. The molecule has 1 N–H and O–H groups in total. The maximum Gasteiger partial charge on any atom is 0.329 e. The molecule has 1 aliphatic rings. The van der Waals surface area contributed by atoms with Gasteiger partial charge in [-0.05, 0) is 58.7 Å². The number of rotatable bonds is 26. The van der Waals surface area contributed by atoms with Crippen LogP contribution in [-0.2, 0) is 18.6 Å². The molecule has 0 aromatic heterocycles. The van der Waals surface area contributed by atoms with Gasteiger partial charge < -0.3 is 28.4 Å².